The molecule has 1 aromatic rings. The van der Waals surface area contributed by atoms with Gasteiger partial charge < -0.3 is 20.7 Å². The smallest absolute Gasteiger partial charge is 0.239 e. The van der Waals surface area contributed by atoms with Crippen molar-refractivity contribution >= 4 is 17.4 Å². The van der Waals surface area contributed by atoms with E-state index < -0.39 is 0 Å². The fourth-order valence-corrected chi connectivity index (χ4v) is 1.43. The number of hydrogen-bond acceptors (Lipinski definition) is 5. The van der Waals surface area contributed by atoms with Gasteiger partial charge in [-0.3, -0.25) is 4.79 Å². The minimum atomic E-state index is 0.0734. The summed E-state index contributed by atoms with van der Waals surface area (Å²) in [7, 11) is 3.48. The van der Waals surface area contributed by atoms with Crippen molar-refractivity contribution in [3.05, 3.63) is 12.1 Å². The normalized spacial score (nSPS) is 10.4. The number of aromatic nitrogens is 1. The fraction of sp³-hybridized carbons (Fsp3) is 0.571. The zero-order valence-electron chi connectivity index (χ0n) is 12.6. The summed E-state index contributed by atoms with van der Waals surface area (Å²) in [5.41, 5.74) is 6.33. The maximum Gasteiger partial charge on any atom is 0.239 e. The van der Waals surface area contributed by atoms with Gasteiger partial charge in [0, 0.05) is 27.1 Å². The van der Waals surface area contributed by atoms with Crippen LogP contribution >= 0.6 is 0 Å². The number of rotatable bonds is 7. The average molecular weight is 280 g/mol. The highest BCUT2D eigenvalue weighted by atomic mass is 16.5. The van der Waals surface area contributed by atoms with Crippen LogP contribution < -0.4 is 15.8 Å². The summed E-state index contributed by atoms with van der Waals surface area (Å²) in [6.45, 7) is 5.22. The summed E-state index contributed by atoms with van der Waals surface area (Å²) in [6, 6.07) is 3.52. The number of nitrogens with two attached hydrogens (primary N) is 1. The van der Waals surface area contributed by atoms with Gasteiger partial charge in [-0.05, 0) is 18.1 Å². The summed E-state index contributed by atoms with van der Waals surface area (Å²) in [5.74, 6) is 1.57. The first kappa shape index (κ1) is 16.1. The lowest BCUT2D eigenvalue weighted by molar-refractivity contribution is -0.128. The molecular formula is C14H24N4O2. The lowest BCUT2D eigenvalue weighted by Crippen LogP contribution is -2.24. The van der Waals surface area contributed by atoms with Crippen molar-refractivity contribution in [2.24, 2.45) is 5.92 Å². The van der Waals surface area contributed by atoms with Crippen LogP contribution in [0.15, 0.2) is 12.1 Å². The molecule has 112 valence electrons. The Kier molecular flexibility index (Phi) is 6.09. The summed E-state index contributed by atoms with van der Waals surface area (Å²) in [4.78, 5) is 17.3. The molecule has 6 heteroatoms. The molecule has 3 N–H and O–H groups in total. The molecule has 0 aliphatic carbocycles. The van der Waals surface area contributed by atoms with E-state index in [2.05, 4.69) is 24.1 Å². The molecule has 6 nitrogen and oxygen atoms in total. The molecule has 1 rings (SSSR count). The number of nitrogen functional groups attached to an aromatic ring is 1. The maximum absolute atomic E-state index is 11.5. The van der Waals surface area contributed by atoms with Crippen LogP contribution in [0.25, 0.3) is 0 Å². The van der Waals surface area contributed by atoms with E-state index in [0.717, 1.165) is 0 Å². The Hall–Kier alpha value is -1.98. The topological polar surface area (TPSA) is 80.5 Å². The summed E-state index contributed by atoms with van der Waals surface area (Å²) < 4.78 is 5.55. The van der Waals surface area contributed by atoms with Crippen molar-refractivity contribution in [2.45, 2.75) is 20.3 Å². The van der Waals surface area contributed by atoms with E-state index in [0.29, 0.717) is 42.9 Å². The second kappa shape index (κ2) is 7.57. The van der Waals surface area contributed by atoms with E-state index in [4.69, 9.17) is 10.5 Å². The van der Waals surface area contributed by atoms with Crippen molar-refractivity contribution in [3.63, 3.8) is 0 Å². The van der Waals surface area contributed by atoms with Gasteiger partial charge in [-0.2, -0.15) is 4.98 Å². The van der Waals surface area contributed by atoms with Gasteiger partial charge in [0.25, 0.3) is 0 Å². The Balaban J connectivity index is 2.54. The monoisotopic (exact) mass is 280 g/mol. The Morgan fingerprint density at radius 3 is 2.75 bits per heavy atom. The van der Waals surface area contributed by atoms with E-state index in [1.165, 1.54) is 0 Å². The predicted octanol–water partition coefficient (Wildman–Crippen LogP) is 1.59. The second-order valence-corrected chi connectivity index (χ2v) is 5.26. The third kappa shape index (κ3) is 5.34. The van der Waals surface area contributed by atoms with Gasteiger partial charge in [0.05, 0.1) is 12.3 Å². The van der Waals surface area contributed by atoms with E-state index >= 15 is 0 Å². The largest absolute Gasteiger partial charge is 0.476 e. The van der Waals surface area contributed by atoms with Gasteiger partial charge >= 0.3 is 0 Å². The Labute approximate surface area is 120 Å². The van der Waals surface area contributed by atoms with Crippen molar-refractivity contribution in [1.82, 2.24) is 9.88 Å². The molecule has 0 aliphatic heterocycles. The molecule has 0 radical (unpaired) electrons. The SMILES string of the molecule is CC(C)COc1nc(NCCC(=O)N(C)C)ccc1N. The quantitative estimate of drug-likeness (QED) is 0.792. The van der Waals surface area contributed by atoms with Crippen LogP contribution in [0.3, 0.4) is 0 Å². The molecule has 0 fully saturated rings. The van der Waals surface area contributed by atoms with E-state index in [1.54, 1.807) is 31.1 Å². The molecule has 0 aromatic carbocycles. The molecule has 1 aromatic heterocycles. The first-order valence-corrected chi connectivity index (χ1v) is 6.73. The standard InChI is InChI=1S/C14H24N4O2/c1-10(2)9-20-14-11(15)5-6-12(17-14)16-8-7-13(19)18(3)4/h5-6,10H,7-9,15H2,1-4H3,(H,16,17). The second-order valence-electron chi connectivity index (χ2n) is 5.26. The van der Waals surface area contributed by atoms with Crippen LogP contribution in [0, 0.1) is 5.92 Å². The summed E-state index contributed by atoms with van der Waals surface area (Å²) in [5, 5.41) is 3.09. The number of nitrogens with one attached hydrogen (secondary N) is 1. The van der Waals surface area contributed by atoms with Gasteiger partial charge in [0.1, 0.15) is 5.82 Å². The number of nitrogens with zero attached hydrogens (tertiary/aromatic N) is 2. The molecule has 0 aliphatic rings. The average Bonchev–Trinajstić information content (AvgIpc) is 2.38. The predicted molar refractivity (Wildman–Crippen MR) is 80.8 cm³/mol. The Bertz CT molecular complexity index is 447. The lowest BCUT2D eigenvalue weighted by atomic mass is 10.2. The number of hydrogen-bond donors (Lipinski definition) is 2. The minimum absolute atomic E-state index is 0.0734. The van der Waals surface area contributed by atoms with Crippen LogP contribution in [0.4, 0.5) is 11.5 Å². The molecule has 0 spiro atoms. The van der Waals surface area contributed by atoms with Crippen LogP contribution in [-0.2, 0) is 4.79 Å². The molecule has 0 bridgehead atoms. The summed E-state index contributed by atoms with van der Waals surface area (Å²) in [6.07, 6.45) is 0.418. The van der Waals surface area contributed by atoms with Crippen LogP contribution in [0.5, 0.6) is 5.88 Å². The number of anilines is 2. The zero-order chi connectivity index (χ0) is 15.1. The third-order valence-electron chi connectivity index (χ3n) is 2.59. The first-order chi connectivity index (χ1) is 9.40. The maximum atomic E-state index is 11.5. The molecule has 0 saturated carbocycles. The van der Waals surface area contributed by atoms with Crippen LogP contribution in [0.2, 0.25) is 0 Å². The van der Waals surface area contributed by atoms with Crippen molar-refractivity contribution in [1.29, 1.82) is 0 Å². The zero-order valence-corrected chi connectivity index (χ0v) is 12.6. The van der Waals surface area contributed by atoms with E-state index in [9.17, 15) is 4.79 Å². The number of ether oxygens (including phenoxy) is 1. The molecule has 20 heavy (non-hydrogen) atoms. The highest BCUT2D eigenvalue weighted by molar-refractivity contribution is 5.76. The molecular weight excluding hydrogens is 256 g/mol. The number of amides is 1. The number of carbonyl (C=O) groups excluding carboxylic acids is 1. The van der Waals surface area contributed by atoms with Gasteiger partial charge in [-0.15, -0.1) is 0 Å². The van der Waals surface area contributed by atoms with Crippen molar-refractivity contribution < 1.29 is 9.53 Å². The highest BCUT2D eigenvalue weighted by Gasteiger charge is 2.07. The Morgan fingerprint density at radius 1 is 1.45 bits per heavy atom. The number of pyridine rings is 1. The molecule has 1 amide bonds. The summed E-state index contributed by atoms with van der Waals surface area (Å²) >= 11 is 0. The van der Waals surface area contributed by atoms with Crippen molar-refractivity contribution in [3.8, 4) is 5.88 Å². The Morgan fingerprint density at radius 2 is 2.15 bits per heavy atom. The first-order valence-electron chi connectivity index (χ1n) is 6.73. The third-order valence-corrected chi connectivity index (χ3v) is 2.59. The van der Waals surface area contributed by atoms with Crippen LogP contribution in [0.1, 0.15) is 20.3 Å². The van der Waals surface area contributed by atoms with Gasteiger partial charge in [0.2, 0.25) is 11.8 Å². The fourth-order valence-electron chi connectivity index (χ4n) is 1.43. The molecule has 0 atom stereocenters. The van der Waals surface area contributed by atoms with E-state index in [1.807, 2.05) is 0 Å². The van der Waals surface area contributed by atoms with Gasteiger partial charge in [-0.25, -0.2) is 0 Å². The number of carbonyl (C=O) groups is 1. The molecule has 0 unspecified atom stereocenters. The molecule has 1 heterocycles. The lowest BCUT2D eigenvalue weighted by Gasteiger charge is -2.13. The van der Waals surface area contributed by atoms with Gasteiger partial charge in [-0.1, -0.05) is 13.8 Å². The van der Waals surface area contributed by atoms with Gasteiger partial charge in [0.15, 0.2) is 0 Å². The van der Waals surface area contributed by atoms with E-state index in [-0.39, 0.29) is 5.91 Å². The minimum Gasteiger partial charge on any atom is -0.476 e. The van der Waals surface area contributed by atoms with Crippen molar-refractivity contribution in [2.75, 3.05) is 38.3 Å². The highest BCUT2D eigenvalue weighted by Crippen LogP contribution is 2.21. The van der Waals surface area contributed by atoms with Crippen LogP contribution in [-0.4, -0.2) is 43.0 Å². The molecule has 0 saturated heterocycles.